The Bertz CT molecular complexity index is 918. The highest BCUT2D eigenvalue weighted by Gasteiger charge is 2.29. The number of urea groups is 1. The molecule has 1 saturated heterocycles. The molecule has 1 aliphatic heterocycles. The Labute approximate surface area is 176 Å². The van der Waals surface area contributed by atoms with Gasteiger partial charge >= 0.3 is 6.03 Å². The number of amides is 3. The van der Waals surface area contributed by atoms with Crippen LogP contribution in [-0.4, -0.2) is 34.4 Å². The number of aromatic nitrogens is 2. The van der Waals surface area contributed by atoms with Crippen LogP contribution >= 0.6 is 0 Å². The second kappa shape index (κ2) is 8.74. The van der Waals surface area contributed by atoms with Gasteiger partial charge in [-0.25, -0.2) is 9.48 Å². The monoisotopic (exact) mass is 414 g/mol. The van der Waals surface area contributed by atoms with Gasteiger partial charge in [0.15, 0.2) is 6.29 Å². The Morgan fingerprint density at radius 3 is 2.70 bits per heavy atom. The largest absolute Gasteiger partial charge is 0.492 e. The number of para-hydroxylation sites is 2. The van der Waals surface area contributed by atoms with Gasteiger partial charge < -0.3 is 15.4 Å². The summed E-state index contributed by atoms with van der Waals surface area (Å²) in [5, 5.41) is 16.5. The Morgan fingerprint density at radius 1 is 1.30 bits per heavy atom. The molecular formula is C21H30N6O3. The molecule has 4 N–H and O–H groups in total. The molecule has 1 aromatic carbocycles. The lowest BCUT2D eigenvalue weighted by atomic mass is 9.92. The van der Waals surface area contributed by atoms with Crippen LogP contribution in [0.25, 0.3) is 0 Å². The molecule has 30 heavy (non-hydrogen) atoms. The second-order valence-corrected chi connectivity index (χ2v) is 8.36. The first-order valence-corrected chi connectivity index (χ1v) is 10.1. The SMILES string of the molecule is CCOc1ccccc1NC(=O)Nc1cc(C(C)(C)C)nn1C1NC(=O)CC(C)N1. The van der Waals surface area contributed by atoms with Crippen molar-refractivity contribution < 1.29 is 14.3 Å². The van der Waals surface area contributed by atoms with Crippen molar-refractivity contribution in [2.24, 2.45) is 0 Å². The lowest BCUT2D eigenvalue weighted by Gasteiger charge is -2.30. The zero-order chi connectivity index (χ0) is 21.9. The summed E-state index contributed by atoms with van der Waals surface area (Å²) in [5.41, 5.74) is 1.13. The van der Waals surface area contributed by atoms with Crippen molar-refractivity contribution in [3.63, 3.8) is 0 Å². The summed E-state index contributed by atoms with van der Waals surface area (Å²) >= 11 is 0. The molecule has 9 nitrogen and oxygen atoms in total. The van der Waals surface area contributed by atoms with Crippen LogP contribution in [0.5, 0.6) is 5.75 Å². The number of hydrogen-bond acceptors (Lipinski definition) is 5. The first kappa shape index (κ1) is 21.6. The number of carbonyl (C=O) groups excluding carboxylic acids is 2. The van der Waals surface area contributed by atoms with E-state index in [2.05, 4.69) is 26.4 Å². The van der Waals surface area contributed by atoms with Crippen molar-refractivity contribution in [1.29, 1.82) is 0 Å². The van der Waals surface area contributed by atoms with Crippen LogP contribution in [0.3, 0.4) is 0 Å². The number of rotatable bonds is 5. The van der Waals surface area contributed by atoms with Gasteiger partial charge in [0.1, 0.15) is 11.6 Å². The smallest absolute Gasteiger partial charge is 0.324 e. The normalized spacial score (nSPS) is 19.2. The van der Waals surface area contributed by atoms with E-state index in [4.69, 9.17) is 4.74 Å². The summed E-state index contributed by atoms with van der Waals surface area (Å²) in [6.07, 6.45) is -0.162. The minimum Gasteiger partial charge on any atom is -0.492 e. The minimum absolute atomic E-state index is 0.00853. The maximum Gasteiger partial charge on any atom is 0.324 e. The highest BCUT2D eigenvalue weighted by atomic mass is 16.5. The zero-order valence-corrected chi connectivity index (χ0v) is 18.1. The predicted octanol–water partition coefficient (Wildman–Crippen LogP) is 3.18. The van der Waals surface area contributed by atoms with E-state index < -0.39 is 12.3 Å². The molecule has 3 rings (SSSR count). The third kappa shape index (κ3) is 5.10. The maximum atomic E-state index is 12.7. The summed E-state index contributed by atoms with van der Waals surface area (Å²) in [4.78, 5) is 24.8. The van der Waals surface area contributed by atoms with Crippen molar-refractivity contribution in [2.75, 3.05) is 17.2 Å². The lowest BCUT2D eigenvalue weighted by Crippen LogP contribution is -2.52. The van der Waals surface area contributed by atoms with E-state index in [0.717, 1.165) is 5.69 Å². The molecule has 2 atom stereocenters. The van der Waals surface area contributed by atoms with Crippen LogP contribution in [0.2, 0.25) is 0 Å². The molecule has 0 spiro atoms. The van der Waals surface area contributed by atoms with Crippen molar-refractivity contribution in [2.45, 2.75) is 58.8 Å². The number of anilines is 2. The molecule has 162 valence electrons. The molecule has 1 aromatic heterocycles. The molecule has 1 aliphatic rings. The van der Waals surface area contributed by atoms with E-state index in [9.17, 15) is 9.59 Å². The van der Waals surface area contributed by atoms with Gasteiger partial charge in [0.25, 0.3) is 0 Å². The molecule has 0 radical (unpaired) electrons. The quantitative estimate of drug-likeness (QED) is 0.601. The Balaban J connectivity index is 1.85. The van der Waals surface area contributed by atoms with E-state index in [1.807, 2.05) is 52.8 Å². The zero-order valence-electron chi connectivity index (χ0n) is 18.1. The topological polar surface area (TPSA) is 109 Å². The average Bonchev–Trinajstić information content (AvgIpc) is 3.07. The molecule has 0 aliphatic carbocycles. The average molecular weight is 415 g/mol. The van der Waals surface area contributed by atoms with Crippen LogP contribution < -0.4 is 26.0 Å². The maximum absolute atomic E-state index is 12.7. The molecule has 0 saturated carbocycles. The van der Waals surface area contributed by atoms with Crippen LogP contribution in [0.1, 0.15) is 53.0 Å². The van der Waals surface area contributed by atoms with Gasteiger partial charge in [-0.3, -0.25) is 15.4 Å². The fourth-order valence-electron chi connectivity index (χ4n) is 3.16. The van der Waals surface area contributed by atoms with E-state index in [-0.39, 0.29) is 17.4 Å². The molecule has 1 fully saturated rings. The van der Waals surface area contributed by atoms with Gasteiger partial charge in [-0.15, -0.1) is 0 Å². The van der Waals surface area contributed by atoms with Gasteiger partial charge in [-0.1, -0.05) is 32.9 Å². The van der Waals surface area contributed by atoms with Gasteiger partial charge in [0, 0.05) is 23.9 Å². The fourth-order valence-corrected chi connectivity index (χ4v) is 3.16. The number of carbonyl (C=O) groups is 2. The molecular weight excluding hydrogens is 384 g/mol. The van der Waals surface area contributed by atoms with Crippen LogP contribution in [0.15, 0.2) is 30.3 Å². The number of nitrogens with one attached hydrogen (secondary N) is 4. The van der Waals surface area contributed by atoms with E-state index in [1.165, 1.54) is 0 Å². The summed E-state index contributed by atoms with van der Waals surface area (Å²) in [6.45, 7) is 10.4. The molecule has 0 bridgehead atoms. The molecule has 2 unspecified atom stereocenters. The van der Waals surface area contributed by atoms with Crippen LogP contribution in [-0.2, 0) is 10.2 Å². The highest BCUT2D eigenvalue weighted by molar-refractivity contribution is 6.00. The van der Waals surface area contributed by atoms with Gasteiger partial charge in [-0.05, 0) is 26.0 Å². The summed E-state index contributed by atoms with van der Waals surface area (Å²) in [7, 11) is 0. The van der Waals surface area contributed by atoms with Gasteiger partial charge in [-0.2, -0.15) is 5.10 Å². The Hall–Kier alpha value is -3.07. The minimum atomic E-state index is -0.552. The van der Waals surface area contributed by atoms with Gasteiger partial charge in [0.05, 0.1) is 18.0 Å². The van der Waals surface area contributed by atoms with Crippen molar-refractivity contribution >= 4 is 23.4 Å². The molecule has 9 heteroatoms. The standard InChI is InChI=1S/C21H30N6O3/c1-6-30-15-10-8-7-9-14(15)23-20(29)24-17-12-16(21(3,4)5)26-27(17)19-22-13(2)11-18(28)25-19/h7-10,12-13,19,22H,6,11H2,1-5H3,(H,25,28)(H2,23,24,29). The third-order valence-corrected chi connectivity index (χ3v) is 4.66. The fraction of sp³-hybridized carbons (Fsp3) is 0.476. The lowest BCUT2D eigenvalue weighted by molar-refractivity contribution is -0.125. The molecule has 2 heterocycles. The summed E-state index contributed by atoms with van der Waals surface area (Å²) < 4.78 is 7.16. The molecule has 2 aromatic rings. The van der Waals surface area contributed by atoms with Gasteiger partial charge in [0.2, 0.25) is 5.91 Å². The number of nitrogens with zero attached hydrogens (tertiary/aromatic N) is 2. The predicted molar refractivity (Wildman–Crippen MR) is 116 cm³/mol. The number of ether oxygens (including phenoxy) is 1. The summed E-state index contributed by atoms with van der Waals surface area (Å²) in [6, 6.07) is 8.61. The Morgan fingerprint density at radius 2 is 2.03 bits per heavy atom. The first-order valence-electron chi connectivity index (χ1n) is 10.1. The first-order chi connectivity index (χ1) is 14.2. The molecule has 3 amide bonds. The van der Waals surface area contributed by atoms with E-state index in [1.54, 1.807) is 16.8 Å². The number of hydrogen-bond donors (Lipinski definition) is 4. The van der Waals surface area contributed by atoms with Crippen molar-refractivity contribution in [3.05, 3.63) is 36.0 Å². The Kier molecular flexibility index (Phi) is 6.31. The highest BCUT2D eigenvalue weighted by Crippen LogP contribution is 2.27. The number of benzene rings is 1. The summed E-state index contributed by atoms with van der Waals surface area (Å²) in [5.74, 6) is 0.993. The van der Waals surface area contributed by atoms with Crippen molar-refractivity contribution in [3.8, 4) is 5.75 Å². The van der Waals surface area contributed by atoms with Crippen molar-refractivity contribution in [1.82, 2.24) is 20.4 Å². The van der Waals surface area contributed by atoms with Crippen LogP contribution in [0.4, 0.5) is 16.3 Å². The third-order valence-electron chi connectivity index (χ3n) is 4.66. The van der Waals surface area contributed by atoms with E-state index in [0.29, 0.717) is 30.3 Å². The van der Waals surface area contributed by atoms with E-state index >= 15 is 0 Å². The van der Waals surface area contributed by atoms with Crippen LogP contribution in [0, 0.1) is 0 Å². The second-order valence-electron chi connectivity index (χ2n) is 8.36.